The predicted molar refractivity (Wildman–Crippen MR) is 115 cm³/mol. The monoisotopic (exact) mass is 418 g/mol. The van der Waals surface area contributed by atoms with E-state index in [9.17, 15) is 9.59 Å². The molecular formula is C22H27ClN2O2S. The number of amides is 1. The van der Waals surface area contributed by atoms with Crippen molar-refractivity contribution in [1.29, 1.82) is 0 Å². The van der Waals surface area contributed by atoms with E-state index in [0.29, 0.717) is 23.9 Å². The first kappa shape index (κ1) is 21.0. The van der Waals surface area contributed by atoms with E-state index in [-0.39, 0.29) is 11.7 Å². The normalized spacial score (nSPS) is 17.4. The fourth-order valence-corrected chi connectivity index (χ4v) is 4.70. The number of thiophene rings is 1. The lowest BCUT2D eigenvalue weighted by Crippen LogP contribution is -2.35. The Bertz CT molecular complexity index is 820. The van der Waals surface area contributed by atoms with Gasteiger partial charge < -0.3 is 5.32 Å². The summed E-state index contributed by atoms with van der Waals surface area (Å²) in [6.07, 6.45) is 3.80. The summed E-state index contributed by atoms with van der Waals surface area (Å²) >= 11 is 7.66. The maximum atomic E-state index is 12.2. The number of nitrogens with one attached hydrogen (secondary N) is 1. The van der Waals surface area contributed by atoms with Crippen LogP contribution in [0.25, 0.3) is 0 Å². The predicted octanol–water partition coefficient (Wildman–Crippen LogP) is 4.91. The van der Waals surface area contributed by atoms with Gasteiger partial charge in [0.25, 0.3) is 0 Å². The van der Waals surface area contributed by atoms with Crippen LogP contribution in [0.1, 0.15) is 53.4 Å². The van der Waals surface area contributed by atoms with Gasteiger partial charge in [0.2, 0.25) is 5.91 Å². The van der Waals surface area contributed by atoms with Gasteiger partial charge in [-0.2, -0.15) is 0 Å². The zero-order valence-electron chi connectivity index (χ0n) is 16.2. The minimum Gasteiger partial charge on any atom is -0.352 e. The number of ketones is 1. The van der Waals surface area contributed by atoms with Gasteiger partial charge in [0.15, 0.2) is 5.78 Å². The molecule has 28 heavy (non-hydrogen) atoms. The summed E-state index contributed by atoms with van der Waals surface area (Å²) < 4.78 is 0. The Balaban J connectivity index is 1.41. The van der Waals surface area contributed by atoms with Crippen LogP contribution in [0, 0.1) is 5.92 Å². The van der Waals surface area contributed by atoms with Crippen LogP contribution in [-0.2, 0) is 17.9 Å². The van der Waals surface area contributed by atoms with Crippen LogP contribution < -0.4 is 5.32 Å². The summed E-state index contributed by atoms with van der Waals surface area (Å²) in [5.74, 6) is 0.766. The lowest BCUT2D eigenvalue weighted by atomic mass is 9.93. The van der Waals surface area contributed by atoms with Crippen LogP contribution in [0.3, 0.4) is 0 Å². The Morgan fingerprint density at radius 2 is 2.14 bits per heavy atom. The highest BCUT2D eigenvalue weighted by molar-refractivity contribution is 7.12. The third kappa shape index (κ3) is 6.16. The maximum absolute atomic E-state index is 12.2. The second-order valence-corrected chi connectivity index (χ2v) is 8.84. The van der Waals surface area contributed by atoms with Gasteiger partial charge in [0, 0.05) is 31.1 Å². The van der Waals surface area contributed by atoms with E-state index in [1.165, 1.54) is 23.3 Å². The molecule has 1 aromatic heterocycles. The Kier molecular flexibility index (Phi) is 7.65. The van der Waals surface area contributed by atoms with E-state index in [1.807, 2.05) is 30.3 Å². The average Bonchev–Trinajstić information content (AvgIpc) is 3.15. The Morgan fingerprint density at radius 1 is 1.32 bits per heavy atom. The molecule has 0 unspecified atom stereocenters. The van der Waals surface area contributed by atoms with Gasteiger partial charge in [-0.3, -0.25) is 14.5 Å². The second-order valence-electron chi connectivity index (χ2n) is 7.53. The summed E-state index contributed by atoms with van der Waals surface area (Å²) in [5, 5.41) is 5.75. The fraction of sp³-hybridized carbons (Fsp3) is 0.455. The molecule has 6 heteroatoms. The van der Waals surface area contributed by atoms with E-state index in [0.717, 1.165) is 42.9 Å². The van der Waals surface area contributed by atoms with Crippen molar-refractivity contribution in [2.75, 3.05) is 13.1 Å². The molecule has 1 atom stereocenters. The smallest absolute Gasteiger partial charge is 0.220 e. The highest BCUT2D eigenvalue weighted by Crippen LogP contribution is 2.24. The number of likely N-dealkylation sites (tertiary alicyclic amines) is 1. The molecule has 0 spiro atoms. The lowest BCUT2D eigenvalue weighted by Gasteiger charge is -2.32. The summed E-state index contributed by atoms with van der Waals surface area (Å²) in [7, 11) is 0. The highest BCUT2D eigenvalue weighted by Gasteiger charge is 2.21. The van der Waals surface area contributed by atoms with E-state index >= 15 is 0 Å². The lowest BCUT2D eigenvalue weighted by molar-refractivity contribution is -0.121. The Morgan fingerprint density at radius 3 is 2.89 bits per heavy atom. The Hall–Kier alpha value is -1.69. The van der Waals surface area contributed by atoms with Crippen LogP contribution in [0.2, 0.25) is 5.02 Å². The first-order valence-corrected chi connectivity index (χ1v) is 11.1. The summed E-state index contributed by atoms with van der Waals surface area (Å²) in [5.41, 5.74) is 2.16. The standard InChI is InChI=1S/C22H27ClN2O2S/c1-16(26)21-11-18(15-28-21)14-25-10-4-5-17(13-25)8-9-22(27)24-12-19-6-2-3-7-20(19)23/h2-3,6-7,11,15,17H,4-5,8-10,12-14H2,1H3,(H,24,27)/t17-/m1/s1. The van der Waals surface area contributed by atoms with E-state index in [1.54, 1.807) is 6.92 Å². The number of hydrogen-bond donors (Lipinski definition) is 1. The molecule has 0 aliphatic carbocycles. The van der Waals surface area contributed by atoms with Crippen LogP contribution in [0.15, 0.2) is 35.7 Å². The van der Waals surface area contributed by atoms with Gasteiger partial charge in [-0.05, 0) is 67.3 Å². The van der Waals surface area contributed by atoms with Crippen molar-refractivity contribution in [3.8, 4) is 0 Å². The van der Waals surface area contributed by atoms with Crippen molar-refractivity contribution >= 4 is 34.6 Å². The number of rotatable bonds is 8. The van der Waals surface area contributed by atoms with Gasteiger partial charge >= 0.3 is 0 Å². The molecular weight excluding hydrogens is 392 g/mol. The first-order chi connectivity index (χ1) is 13.5. The molecule has 2 aromatic rings. The van der Waals surface area contributed by atoms with E-state index in [4.69, 9.17) is 11.6 Å². The largest absolute Gasteiger partial charge is 0.352 e. The number of carbonyl (C=O) groups is 2. The molecule has 1 aliphatic rings. The minimum absolute atomic E-state index is 0.0842. The van der Waals surface area contributed by atoms with Crippen molar-refractivity contribution in [1.82, 2.24) is 10.2 Å². The van der Waals surface area contributed by atoms with Gasteiger partial charge in [-0.25, -0.2) is 0 Å². The molecule has 0 radical (unpaired) electrons. The highest BCUT2D eigenvalue weighted by atomic mass is 35.5. The third-order valence-corrected chi connectivity index (χ3v) is 6.67. The quantitative estimate of drug-likeness (QED) is 0.619. The average molecular weight is 419 g/mol. The zero-order chi connectivity index (χ0) is 19.9. The van der Waals surface area contributed by atoms with Crippen molar-refractivity contribution in [3.63, 3.8) is 0 Å². The van der Waals surface area contributed by atoms with E-state index in [2.05, 4.69) is 15.6 Å². The van der Waals surface area contributed by atoms with Gasteiger partial charge in [0.05, 0.1) is 4.88 Å². The summed E-state index contributed by atoms with van der Waals surface area (Å²) in [4.78, 5) is 27.0. The fourth-order valence-electron chi connectivity index (χ4n) is 3.69. The number of Topliss-reactive ketones (excluding diaryl/α,β-unsaturated/α-hetero) is 1. The number of carbonyl (C=O) groups excluding carboxylic acids is 2. The maximum Gasteiger partial charge on any atom is 0.220 e. The van der Waals surface area contributed by atoms with Gasteiger partial charge in [-0.15, -0.1) is 11.3 Å². The van der Waals surface area contributed by atoms with E-state index < -0.39 is 0 Å². The molecule has 2 heterocycles. The molecule has 1 amide bonds. The molecule has 1 saturated heterocycles. The van der Waals surface area contributed by atoms with Crippen molar-refractivity contribution in [3.05, 3.63) is 56.7 Å². The molecule has 1 fully saturated rings. The Labute approximate surface area is 175 Å². The number of piperidine rings is 1. The SMILES string of the molecule is CC(=O)c1cc(CN2CCC[C@H](CCC(=O)NCc3ccccc3Cl)C2)cs1. The topological polar surface area (TPSA) is 49.4 Å². The van der Waals surface area contributed by atoms with Crippen LogP contribution in [-0.4, -0.2) is 29.7 Å². The number of nitrogens with zero attached hydrogens (tertiary/aromatic N) is 1. The molecule has 3 rings (SSSR count). The molecule has 0 bridgehead atoms. The minimum atomic E-state index is 0.0842. The summed E-state index contributed by atoms with van der Waals surface area (Å²) in [6, 6.07) is 9.60. The van der Waals surface area contributed by atoms with Crippen molar-refractivity contribution in [2.45, 2.75) is 45.7 Å². The van der Waals surface area contributed by atoms with Gasteiger partial charge in [0.1, 0.15) is 0 Å². The first-order valence-electron chi connectivity index (χ1n) is 9.82. The number of hydrogen-bond acceptors (Lipinski definition) is 4. The molecule has 150 valence electrons. The van der Waals surface area contributed by atoms with Gasteiger partial charge in [-0.1, -0.05) is 29.8 Å². The molecule has 1 N–H and O–H groups in total. The number of benzene rings is 1. The second kappa shape index (κ2) is 10.2. The number of halogens is 1. The molecule has 0 saturated carbocycles. The summed E-state index contributed by atoms with van der Waals surface area (Å²) in [6.45, 7) is 5.08. The van der Waals surface area contributed by atoms with Crippen LogP contribution in [0.5, 0.6) is 0 Å². The zero-order valence-corrected chi connectivity index (χ0v) is 17.8. The van der Waals surface area contributed by atoms with Crippen molar-refractivity contribution < 1.29 is 9.59 Å². The molecule has 1 aromatic carbocycles. The van der Waals surface area contributed by atoms with Crippen molar-refractivity contribution in [2.24, 2.45) is 5.92 Å². The molecule has 1 aliphatic heterocycles. The molecule has 4 nitrogen and oxygen atoms in total. The van der Waals surface area contributed by atoms with Crippen LogP contribution in [0.4, 0.5) is 0 Å². The third-order valence-electron chi connectivity index (χ3n) is 5.22. The van der Waals surface area contributed by atoms with Crippen LogP contribution >= 0.6 is 22.9 Å².